The molecule has 1 aliphatic heterocycles. The summed E-state index contributed by atoms with van der Waals surface area (Å²) in [6, 6.07) is 6.95. The zero-order valence-electron chi connectivity index (χ0n) is 10.8. The fourth-order valence-electron chi connectivity index (χ4n) is 2.33. The number of piperidine rings is 1. The van der Waals surface area contributed by atoms with Gasteiger partial charge >= 0.3 is 5.97 Å². The van der Waals surface area contributed by atoms with E-state index in [-0.39, 0.29) is 17.8 Å². The molecule has 4 nitrogen and oxygen atoms in total. The van der Waals surface area contributed by atoms with Crippen LogP contribution >= 0.6 is 11.6 Å². The van der Waals surface area contributed by atoms with Crippen LogP contribution in [0.1, 0.15) is 23.2 Å². The molecule has 102 valence electrons. The molecule has 19 heavy (non-hydrogen) atoms. The molecule has 1 fully saturated rings. The van der Waals surface area contributed by atoms with Gasteiger partial charge in [0.15, 0.2) is 0 Å². The van der Waals surface area contributed by atoms with Crippen molar-refractivity contribution < 1.29 is 14.3 Å². The molecule has 1 heterocycles. The number of rotatable bonds is 2. The quantitative estimate of drug-likeness (QED) is 0.782. The van der Waals surface area contributed by atoms with Crippen molar-refractivity contribution in [3.8, 4) is 0 Å². The highest BCUT2D eigenvalue weighted by atomic mass is 35.5. The normalized spacial score (nSPS) is 19.1. The van der Waals surface area contributed by atoms with Crippen molar-refractivity contribution in [2.75, 3.05) is 20.2 Å². The third-order valence-corrected chi connectivity index (χ3v) is 3.68. The van der Waals surface area contributed by atoms with E-state index in [1.165, 1.54) is 7.11 Å². The Kier molecular flexibility index (Phi) is 4.43. The number of carbonyl (C=O) groups excluding carboxylic acids is 2. The fraction of sp³-hybridized carbons (Fsp3) is 0.429. The summed E-state index contributed by atoms with van der Waals surface area (Å²) in [6.45, 7) is 1.05. The van der Waals surface area contributed by atoms with E-state index in [1.807, 2.05) is 0 Å². The molecule has 0 N–H and O–H groups in total. The largest absolute Gasteiger partial charge is 0.469 e. The van der Waals surface area contributed by atoms with Crippen molar-refractivity contribution >= 4 is 23.5 Å². The molecule has 1 amide bonds. The van der Waals surface area contributed by atoms with Crippen LogP contribution in [0.2, 0.25) is 5.02 Å². The summed E-state index contributed by atoms with van der Waals surface area (Å²) in [4.78, 5) is 25.6. The molecular weight excluding hydrogens is 266 g/mol. The molecule has 0 saturated carbocycles. The standard InChI is InChI=1S/C14H16ClNO3/c1-19-14(18)10-5-4-8-16(9-10)13(17)11-6-2-3-7-12(11)15/h2-3,6-7,10H,4-5,8-9H2,1H3/t10-/m0/s1. The molecule has 1 aromatic carbocycles. The number of esters is 1. The Morgan fingerprint density at radius 2 is 2.11 bits per heavy atom. The van der Waals surface area contributed by atoms with Gasteiger partial charge in [-0.1, -0.05) is 23.7 Å². The average molecular weight is 282 g/mol. The monoisotopic (exact) mass is 281 g/mol. The van der Waals surface area contributed by atoms with Gasteiger partial charge in [-0.05, 0) is 25.0 Å². The maximum absolute atomic E-state index is 12.4. The fourth-order valence-corrected chi connectivity index (χ4v) is 2.54. The number of carbonyl (C=O) groups is 2. The first kappa shape index (κ1) is 13.9. The molecule has 1 saturated heterocycles. The van der Waals surface area contributed by atoms with Gasteiger partial charge < -0.3 is 9.64 Å². The number of likely N-dealkylation sites (tertiary alicyclic amines) is 1. The summed E-state index contributed by atoms with van der Waals surface area (Å²) in [5.74, 6) is -0.610. The van der Waals surface area contributed by atoms with Gasteiger partial charge in [0.25, 0.3) is 5.91 Å². The lowest BCUT2D eigenvalue weighted by Crippen LogP contribution is -2.42. The predicted octanol–water partition coefficient (Wildman–Crippen LogP) is 2.37. The molecule has 1 aliphatic rings. The van der Waals surface area contributed by atoms with Crippen LogP contribution in [0.15, 0.2) is 24.3 Å². The SMILES string of the molecule is COC(=O)[C@H]1CCCN(C(=O)c2ccccc2Cl)C1. The molecule has 0 radical (unpaired) electrons. The Balaban J connectivity index is 2.11. The second-order valence-corrected chi connectivity index (χ2v) is 5.00. The third kappa shape index (κ3) is 3.07. The number of hydrogen-bond donors (Lipinski definition) is 0. The summed E-state index contributed by atoms with van der Waals surface area (Å²) >= 11 is 6.03. The lowest BCUT2D eigenvalue weighted by molar-refractivity contribution is -0.146. The smallest absolute Gasteiger partial charge is 0.310 e. The van der Waals surface area contributed by atoms with Crippen LogP contribution in [0, 0.1) is 5.92 Å². The van der Waals surface area contributed by atoms with E-state index in [1.54, 1.807) is 29.2 Å². The Labute approximate surface area is 117 Å². The number of halogens is 1. The Morgan fingerprint density at radius 1 is 1.37 bits per heavy atom. The van der Waals surface area contributed by atoms with Crippen LogP contribution in [-0.2, 0) is 9.53 Å². The second kappa shape index (κ2) is 6.06. The minimum absolute atomic E-state index is 0.126. The summed E-state index contributed by atoms with van der Waals surface area (Å²) < 4.78 is 4.74. The summed E-state index contributed by atoms with van der Waals surface area (Å²) in [5, 5.41) is 0.438. The van der Waals surface area contributed by atoms with Gasteiger partial charge in [0.1, 0.15) is 0 Å². The van der Waals surface area contributed by atoms with Gasteiger partial charge in [-0.25, -0.2) is 0 Å². The summed E-state index contributed by atoms with van der Waals surface area (Å²) in [5.41, 5.74) is 0.481. The molecule has 0 bridgehead atoms. The first-order valence-electron chi connectivity index (χ1n) is 6.25. The van der Waals surface area contributed by atoms with Crippen LogP contribution in [0.25, 0.3) is 0 Å². The van der Waals surface area contributed by atoms with E-state index in [0.717, 1.165) is 12.8 Å². The Hall–Kier alpha value is -1.55. The van der Waals surface area contributed by atoms with Crippen LogP contribution < -0.4 is 0 Å². The van der Waals surface area contributed by atoms with Gasteiger partial charge in [-0.15, -0.1) is 0 Å². The van der Waals surface area contributed by atoms with Crippen LogP contribution in [0.4, 0.5) is 0 Å². The number of nitrogens with zero attached hydrogens (tertiary/aromatic N) is 1. The molecule has 0 aliphatic carbocycles. The van der Waals surface area contributed by atoms with Crippen molar-refractivity contribution in [3.05, 3.63) is 34.9 Å². The minimum Gasteiger partial charge on any atom is -0.469 e. The van der Waals surface area contributed by atoms with Crippen molar-refractivity contribution in [1.82, 2.24) is 4.90 Å². The summed E-state index contributed by atoms with van der Waals surface area (Å²) in [6.07, 6.45) is 1.56. The molecule has 0 unspecified atom stereocenters. The molecule has 1 atom stereocenters. The van der Waals surface area contributed by atoms with Crippen molar-refractivity contribution in [1.29, 1.82) is 0 Å². The maximum atomic E-state index is 12.4. The van der Waals surface area contributed by atoms with Crippen molar-refractivity contribution in [2.45, 2.75) is 12.8 Å². The minimum atomic E-state index is -0.253. The van der Waals surface area contributed by atoms with Crippen molar-refractivity contribution in [2.24, 2.45) is 5.92 Å². The lowest BCUT2D eigenvalue weighted by atomic mass is 9.97. The van der Waals surface area contributed by atoms with Gasteiger partial charge in [0, 0.05) is 13.1 Å². The second-order valence-electron chi connectivity index (χ2n) is 4.59. The highest BCUT2D eigenvalue weighted by molar-refractivity contribution is 6.33. The number of ether oxygens (including phenoxy) is 1. The number of methoxy groups -OCH3 is 1. The molecule has 0 spiro atoms. The van der Waals surface area contributed by atoms with Crippen molar-refractivity contribution in [3.63, 3.8) is 0 Å². The van der Waals surface area contributed by atoms with Crippen LogP contribution in [0.5, 0.6) is 0 Å². The number of amides is 1. The first-order valence-corrected chi connectivity index (χ1v) is 6.63. The zero-order chi connectivity index (χ0) is 13.8. The van der Waals surface area contributed by atoms with E-state index in [4.69, 9.17) is 16.3 Å². The van der Waals surface area contributed by atoms with E-state index in [2.05, 4.69) is 0 Å². The molecular formula is C14H16ClNO3. The van der Waals surface area contributed by atoms with E-state index >= 15 is 0 Å². The van der Waals surface area contributed by atoms with Crippen LogP contribution in [-0.4, -0.2) is 37.0 Å². The van der Waals surface area contributed by atoms with E-state index < -0.39 is 0 Å². The topological polar surface area (TPSA) is 46.6 Å². The van der Waals surface area contributed by atoms with Gasteiger partial charge in [-0.3, -0.25) is 9.59 Å². The van der Waals surface area contributed by atoms with Gasteiger partial charge in [0.05, 0.1) is 23.6 Å². The average Bonchev–Trinajstić information content (AvgIpc) is 2.46. The number of benzene rings is 1. The maximum Gasteiger partial charge on any atom is 0.310 e. The van der Waals surface area contributed by atoms with Gasteiger partial charge in [0.2, 0.25) is 0 Å². The molecule has 0 aromatic heterocycles. The zero-order valence-corrected chi connectivity index (χ0v) is 11.5. The third-order valence-electron chi connectivity index (χ3n) is 3.35. The highest BCUT2D eigenvalue weighted by Gasteiger charge is 2.29. The Morgan fingerprint density at radius 3 is 2.79 bits per heavy atom. The van der Waals surface area contributed by atoms with E-state index in [9.17, 15) is 9.59 Å². The molecule has 1 aromatic rings. The lowest BCUT2D eigenvalue weighted by Gasteiger charge is -2.31. The first-order chi connectivity index (χ1) is 9.13. The van der Waals surface area contributed by atoms with Crippen LogP contribution in [0.3, 0.4) is 0 Å². The Bertz CT molecular complexity index is 489. The van der Waals surface area contributed by atoms with E-state index in [0.29, 0.717) is 23.7 Å². The highest BCUT2D eigenvalue weighted by Crippen LogP contribution is 2.22. The molecule has 2 rings (SSSR count). The van der Waals surface area contributed by atoms with Gasteiger partial charge in [-0.2, -0.15) is 0 Å². The predicted molar refractivity (Wildman–Crippen MR) is 72.1 cm³/mol. The molecule has 5 heteroatoms. The summed E-state index contributed by atoms with van der Waals surface area (Å²) in [7, 11) is 1.37. The number of hydrogen-bond acceptors (Lipinski definition) is 3.